The van der Waals surface area contributed by atoms with Gasteiger partial charge in [0.25, 0.3) is 5.91 Å². The number of nitrogens with zero attached hydrogens (tertiary/aromatic N) is 3. The predicted molar refractivity (Wildman–Crippen MR) is 136 cm³/mol. The average molecular weight is 506 g/mol. The van der Waals surface area contributed by atoms with Gasteiger partial charge in [-0.2, -0.15) is 0 Å². The molecule has 6 nitrogen and oxygen atoms in total. The lowest BCUT2D eigenvalue weighted by molar-refractivity contribution is 0.0376. The number of furan rings is 1. The van der Waals surface area contributed by atoms with Crippen LogP contribution in [0.15, 0.2) is 46.9 Å². The summed E-state index contributed by atoms with van der Waals surface area (Å²) in [5, 5.41) is 2.26. The van der Waals surface area contributed by atoms with Gasteiger partial charge >= 0.3 is 0 Å². The molecule has 1 saturated heterocycles. The molecular weight excluding hydrogens is 481 g/mol. The van der Waals surface area contributed by atoms with E-state index in [-0.39, 0.29) is 18.3 Å². The zero-order valence-corrected chi connectivity index (χ0v) is 20.6. The number of carbonyl (C=O) groups is 1. The largest absolute Gasteiger partial charge is 0.451 e. The van der Waals surface area contributed by atoms with Crippen molar-refractivity contribution < 1.29 is 13.9 Å². The minimum absolute atomic E-state index is 0. The van der Waals surface area contributed by atoms with Gasteiger partial charge in [0.1, 0.15) is 5.58 Å². The monoisotopic (exact) mass is 505 g/mol. The van der Waals surface area contributed by atoms with Crippen LogP contribution in [0.5, 0.6) is 0 Å². The van der Waals surface area contributed by atoms with Crippen molar-refractivity contribution in [1.82, 2.24) is 9.88 Å². The number of rotatable bonds is 6. The van der Waals surface area contributed by atoms with Crippen molar-refractivity contribution in [2.45, 2.75) is 13.3 Å². The molecule has 1 aliphatic rings. The molecule has 2 aromatic heterocycles. The van der Waals surface area contributed by atoms with Crippen LogP contribution in [-0.2, 0) is 4.74 Å². The van der Waals surface area contributed by atoms with Crippen LogP contribution in [0.4, 0.5) is 5.13 Å². The number of benzene rings is 2. The van der Waals surface area contributed by atoms with Gasteiger partial charge in [0, 0.05) is 36.6 Å². The van der Waals surface area contributed by atoms with Gasteiger partial charge in [0.05, 0.1) is 23.4 Å². The number of anilines is 1. The molecule has 0 spiro atoms. The Bertz CT molecular complexity index is 1230. The summed E-state index contributed by atoms with van der Waals surface area (Å²) in [5.74, 6) is 0.151. The lowest BCUT2D eigenvalue weighted by Crippen LogP contribution is -2.39. The summed E-state index contributed by atoms with van der Waals surface area (Å²) in [6.45, 7) is 6.80. The van der Waals surface area contributed by atoms with E-state index in [9.17, 15) is 4.79 Å². The molecule has 0 atom stereocenters. The first-order chi connectivity index (χ1) is 15.6. The fourth-order valence-electron chi connectivity index (χ4n) is 3.99. The minimum atomic E-state index is -0.175. The van der Waals surface area contributed by atoms with Gasteiger partial charge in [-0.15, -0.1) is 12.4 Å². The quantitative estimate of drug-likeness (QED) is 0.331. The van der Waals surface area contributed by atoms with Crippen molar-refractivity contribution in [2.24, 2.45) is 0 Å². The Labute approximate surface area is 207 Å². The number of hydrogen-bond donors (Lipinski definition) is 0. The Kier molecular flexibility index (Phi) is 7.56. The number of thiazole rings is 1. The zero-order chi connectivity index (χ0) is 22.1. The summed E-state index contributed by atoms with van der Waals surface area (Å²) in [5.41, 5.74) is 2.47. The topological polar surface area (TPSA) is 58.8 Å². The van der Waals surface area contributed by atoms with E-state index in [1.165, 1.54) is 11.3 Å². The highest BCUT2D eigenvalue weighted by Crippen LogP contribution is 2.34. The molecule has 0 saturated carbocycles. The van der Waals surface area contributed by atoms with E-state index >= 15 is 0 Å². The van der Waals surface area contributed by atoms with E-state index in [4.69, 9.17) is 25.7 Å². The van der Waals surface area contributed by atoms with Crippen LogP contribution in [0.3, 0.4) is 0 Å². The first-order valence-corrected chi connectivity index (χ1v) is 12.0. The van der Waals surface area contributed by atoms with Crippen LogP contribution in [0, 0.1) is 6.92 Å². The van der Waals surface area contributed by atoms with Crippen LogP contribution in [0.25, 0.3) is 21.2 Å². The molecule has 0 bridgehead atoms. The van der Waals surface area contributed by atoms with Crippen molar-refractivity contribution >= 4 is 67.6 Å². The van der Waals surface area contributed by atoms with Crippen LogP contribution in [0.2, 0.25) is 5.02 Å². The Hall–Kier alpha value is -2.16. The van der Waals surface area contributed by atoms with Gasteiger partial charge < -0.3 is 9.15 Å². The molecule has 0 N–H and O–H groups in total. The standard InChI is InChI=1S/C24H24ClN3O3S.ClH/c1-16-18(25)7-8-21-22(16)26-24(32-21)28(10-4-9-27-11-13-30-14-12-27)23(29)20-15-17-5-2-3-6-19(17)31-20;/h2-3,5-8,15H,4,9-14H2,1H3;1H. The van der Waals surface area contributed by atoms with Gasteiger partial charge in [0.2, 0.25) is 0 Å². The third kappa shape index (κ3) is 5.03. The Morgan fingerprint density at radius 3 is 2.79 bits per heavy atom. The van der Waals surface area contributed by atoms with Gasteiger partial charge in [-0.25, -0.2) is 4.98 Å². The number of hydrogen-bond acceptors (Lipinski definition) is 6. The Balaban J connectivity index is 0.00000259. The second-order valence-electron chi connectivity index (χ2n) is 7.93. The number of amides is 1. The number of halogens is 2. The van der Waals surface area contributed by atoms with Crippen LogP contribution in [-0.4, -0.2) is 55.2 Å². The van der Waals surface area contributed by atoms with Crippen molar-refractivity contribution in [1.29, 1.82) is 0 Å². The number of para-hydroxylation sites is 1. The van der Waals surface area contributed by atoms with Crippen LogP contribution >= 0.6 is 35.3 Å². The van der Waals surface area contributed by atoms with E-state index in [2.05, 4.69) is 4.90 Å². The smallest absolute Gasteiger partial charge is 0.295 e. The second kappa shape index (κ2) is 10.4. The molecule has 0 unspecified atom stereocenters. The van der Waals surface area contributed by atoms with E-state index in [1.54, 1.807) is 4.90 Å². The molecule has 4 aromatic rings. The SMILES string of the molecule is Cc1c(Cl)ccc2sc(N(CCCN3CCOCC3)C(=O)c3cc4ccccc4o3)nc12.Cl. The number of aromatic nitrogens is 1. The van der Waals surface area contributed by atoms with E-state index < -0.39 is 0 Å². The van der Waals surface area contributed by atoms with Crippen LogP contribution < -0.4 is 4.90 Å². The fraction of sp³-hybridized carbons (Fsp3) is 0.333. The Morgan fingerprint density at radius 2 is 2.00 bits per heavy atom. The molecule has 5 rings (SSSR count). The van der Waals surface area contributed by atoms with Crippen LogP contribution in [0.1, 0.15) is 22.5 Å². The molecule has 9 heteroatoms. The first kappa shape index (κ1) is 24.0. The zero-order valence-electron chi connectivity index (χ0n) is 18.3. The predicted octanol–water partition coefficient (Wildman–Crippen LogP) is 5.80. The molecule has 0 radical (unpaired) electrons. The van der Waals surface area contributed by atoms with Crippen molar-refractivity contribution in [2.75, 3.05) is 44.3 Å². The molecular formula is C24H25Cl2N3O3S. The summed E-state index contributed by atoms with van der Waals surface area (Å²) in [4.78, 5) is 22.5. The second-order valence-corrected chi connectivity index (χ2v) is 9.34. The molecule has 1 amide bonds. The van der Waals surface area contributed by atoms with E-state index in [1.807, 2.05) is 49.4 Å². The summed E-state index contributed by atoms with van der Waals surface area (Å²) in [6, 6.07) is 13.3. The molecule has 33 heavy (non-hydrogen) atoms. The van der Waals surface area contributed by atoms with Gasteiger partial charge in [-0.05, 0) is 43.2 Å². The normalized spacial score (nSPS) is 14.5. The summed E-state index contributed by atoms with van der Waals surface area (Å²) in [6.07, 6.45) is 0.835. The molecule has 1 aliphatic heterocycles. The number of morpholine rings is 1. The first-order valence-electron chi connectivity index (χ1n) is 10.8. The molecule has 3 heterocycles. The van der Waals surface area contributed by atoms with Gasteiger partial charge in [-0.1, -0.05) is 41.1 Å². The lowest BCUT2D eigenvalue weighted by Gasteiger charge is -2.27. The highest BCUT2D eigenvalue weighted by molar-refractivity contribution is 7.22. The maximum absolute atomic E-state index is 13.6. The molecule has 2 aromatic carbocycles. The average Bonchev–Trinajstić information content (AvgIpc) is 3.44. The third-order valence-electron chi connectivity index (χ3n) is 5.81. The number of ether oxygens (including phenoxy) is 1. The number of aryl methyl sites for hydroxylation is 1. The maximum Gasteiger partial charge on any atom is 0.295 e. The summed E-state index contributed by atoms with van der Waals surface area (Å²) >= 11 is 7.81. The molecule has 1 fully saturated rings. The lowest BCUT2D eigenvalue weighted by atomic mass is 10.2. The number of fused-ring (bicyclic) bond motifs is 2. The van der Waals surface area contributed by atoms with Gasteiger partial charge in [0.15, 0.2) is 10.9 Å². The van der Waals surface area contributed by atoms with Crippen molar-refractivity contribution in [3.05, 3.63) is 58.8 Å². The molecule has 174 valence electrons. The third-order valence-corrected chi connectivity index (χ3v) is 7.26. The Morgan fingerprint density at radius 1 is 1.21 bits per heavy atom. The van der Waals surface area contributed by atoms with E-state index in [0.717, 1.165) is 60.4 Å². The van der Waals surface area contributed by atoms with Crippen molar-refractivity contribution in [3.63, 3.8) is 0 Å². The molecule has 0 aliphatic carbocycles. The summed E-state index contributed by atoms with van der Waals surface area (Å²) in [7, 11) is 0. The summed E-state index contributed by atoms with van der Waals surface area (Å²) < 4.78 is 12.3. The number of carbonyl (C=O) groups excluding carboxylic acids is 1. The maximum atomic E-state index is 13.6. The minimum Gasteiger partial charge on any atom is -0.451 e. The fourth-order valence-corrected chi connectivity index (χ4v) is 5.19. The van der Waals surface area contributed by atoms with Crippen molar-refractivity contribution in [3.8, 4) is 0 Å². The highest BCUT2D eigenvalue weighted by Gasteiger charge is 2.25. The highest BCUT2D eigenvalue weighted by atomic mass is 35.5. The van der Waals surface area contributed by atoms with Gasteiger partial charge in [-0.3, -0.25) is 14.6 Å². The van der Waals surface area contributed by atoms with E-state index in [0.29, 0.717) is 28.0 Å².